The van der Waals surface area contributed by atoms with Gasteiger partial charge in [-0.25, -0.2) is 0 Å². The SMILES string of the molecule is C=C1C=CC(CC)(C(=O)NCC2CC2)C1. The molecule has 1 unspecified atom stereocenters. The fourth-order valence-corrected chi connectivity index (χ4v) is 2.09. The summed E-state index contributed by atoms with van der Waals surface area (Å²) in [5, 5.41) is 3.07. The summed E-state index contributed by atoms with van der Waals surface area (Å²) in [6.07, 6.45) is 8.22. The zero-order valence-electron chi connectivity index (χ0n) is 9.38. The minimum Gasteiger partial charge on any atom is -0.355 e. The molecule has 1 N–H and O–H groups in total. The fraction of sp³-hybridized carbons (Fsp3) is 0.615. The molecule has 2 aliphatic rings. The second-order valence-corrected chi connectivity index (χ2v) is 4.83. The van der Waals surface area contributed by atoms with Crippen LogP contribution in [0.4, 0.5) is 0 Å². The number of nitrogens with one attached hydrogen (secondary N) is 1. The average molecular weight is 205 g/mol. The number of rotatable bonds is 4. The van der Waals surface area contributed by atoms with E-state index in [9.17, 15) is 4.79 Å². The first kappa shape index (κ1) is 10.5. The molecule has 1 saturated carbocycles. The molecule has 1 atom stereocenters. The van der Waals surface area contributed by atoms with E-state index < -0.39 is 0 Å². The van der Waals surface area contributed by atoms with Gasteiger partial charge >= 0.3 is 0 Å². The molecule has 0 aliphatic heterocycles. The third kappa shape index (κ3) is 2.14. The molecule has 15 heavy (non-hydrogen) atoms. The summed E-state index contributed by atoms with van der Waals surface area (Å²) in [5.74, 6) is 0.934. The molecule has 2 nitrogen and oxygen atoms in total. The summed E-state index contributed by atoms with van der Waals surface area (Å²) in [7, 11) is 0. The summed E-state index contributed by atoms with van der Waals surface area (Å²) in [5.41, 5.74) is 0.768. The molecule has 0 aromatic heterocycles. The average Bonchev–Trinajstić information content (AvgIpc) is 2.98. The van der Waals surface area contributed by atoms with Crippen LogP contribution in [-0.4, -0.2) is 12.5 Å². The van der Waals surface area contributed by atoms with Gasteiger partial charge in [0.15, 0.2) is 0 Å². The molecule has 0 aromatic carbocycles. The molecule has 2 rings (SSSR count). The van der Waals surface area contributed by atoms with Gasteiger partial charge in [-0.3, -0.25) is 4.79 Å². The molecule has 0 bridgehead atoms. The van der Waals surface area contributed by atoms with Crippen LogP contribution in [0.15, 0.2) is 24.3 Å². The van der Waals surface area contributed by atoms with Crippen LogP contribution in [0.5, 0.6) is 0 Å². The third-order valence-corrected chi connectivity index (χ3v) is 3.51. The Morgan fingerprint density at radius 2 is 2.40 bits per heavy atom. The number of carbonyl (C=O) groups is 1. The fourth-order valence-electron chi connectivity index (χ4n) is 2.09. The van der Waals surface area contributed by atoms with Crippen LogP contribution in [0.3, 0.4) is 0 Å². The molecular weight excluding hydrogens is 186 g/mol. The quantitative estimate of drug-likeness (QED) is 0.750. The molecule has 0 saturated heterocycles. The third-order valence-electron chi connectivity index (χ3n) is 3.51. The van der Waals surface area contributed by atoms with E-state index in [1.54, 1.807) is 0 Å². The lowest BCUT2D eigenvalue weighted by Gasteiger charge is -2.24. The molecule has 1 fully saturated rings. The van der Waals surface area contributed by atoms with Crippen LogP contribution in [0.1, 0.15) is 32.6 Å². The molecule has 2 heteroatoms. The molecule has 0 heterocycles. The number of hydrogen-bond donors (Lipinski definition) is 1. The van der Waals surface area contributed by atoms with Crippen LogP contribution in [0, 0.1) is 11.3 Å². The smallest absolute Gasteiger partial charge is 0.230 e. The minimum atomic E-state index is -0.300. The number of allylic oxidation sites excluding steroid dienone is 2. The van der Waals surface area contributed by atoms with Gasteiger partial charge in [0.1, 0.15) is 0 Å². The molecule has 2 aliphatic carbocycles. The Labute approximate surface area is 91.4 Å². The standard InChI is InChI=1S/C13H19NO/c1-3-13(7-6-10(2)8-13)12(15)14-9-11-4-5-11/h6-7,11H,2-5,8-9H2,1H3,(H,14,15). The number of carbonyl (C=O) groups excluding carboxylic acids is 1. The van der Waals surface area contributed by atoms with Gasteiger partial charge in [-0.15, -0.1) is 0 Å². The Morgan fingerprint density at radius 3 is 2.87 bits per heavy atom. The van der Waals surface area contributed by atoms with Crippen molar-refractivity contribution in [2.24, 2.45) is 11.3 Å². The van der Waals surface area contributed by atoms with E-state index in [1.807, 2.05) is 12.2 Å². The van der Waals surface area contributed by atoms with Crippen molar-refractivity contribution in [1.82, 2.24) is 5.32 Å². The van der Waals surface area contributed by atoms with Gasteiger partial charge in [-0.2, -0.15) is 0 Å². The van der Waals surface area contributed by atoms with Gasteiger partial charge in [0.2, 0.25) is 5.91 Å². The van der Waals surface area contributed by atoms with Crippen molar-refractivity contribution in [3.05, 3.63) is 24.3 Å². The highest BCUT2D eigenvalue weighted by molar-refractivity contribution is 5.86. The predicted octanol–water partition coefficient (Wildman–Crippen LogP) is 2.43. The Morgan fingerprint density at radius 1 is 1.67 bits per heavy atom. The maximum absolute atomic E-state index is 12.1. The zero-order chi connectivity index (χ0) is 10.9. The second kappa shape index (κ2) is 3.84. The summed E-state index contributed by atoms with van der Waals surface area (Å²) in [6, 6.07) is 0. The summed E-state index contributed by atoms with van der Waals surface area (Å²) >= 11 is 0. The molecule has 0 aromatic rings. The van der Waals surface area contributed by atoms with Crippen molar-refractivity contribution in [3.8, 4) is 0 Å². The van der Waals surface area contributed by atoms with Gasteiger partial charge in [-0.1, -0.05) is 31.2 Å². The first-order valence-electron chi connectivity index (χ1n) is 5.81. The van der Waals surface area contributed by atoms with Crippen molar-refractivity contribution in [2.45, 2.75) is 32.6 Å². The van der Waals surface area contributed by atoms with Gasteiger partial charge in [0, 0.05) is 6.54 Å². The van der Waals surface area contributed by atoms with E-state index in [0.717, 1.165) is 30.9 Å². The first-order chi connectivity index (χ1) is 7.16. The van der Waals surface area contributed by atoms with Crippen LogP contribution >= 0.6 is 0 Å². The Kier molecular flexibility index (Phi) is 2.68. The van der Waals surface area contributed by atoms with Gasteiger partial charge < -0.3 is 5.32 Å². The highest BCUT2D eigenvalue weighted by Gasteiger charge is 2.37. The highest BCUT2D eigenvalue weighted by atomic mass is 16.2. The maximum Gasteiger partial charge on any atom is 0.230 e. The molecule has 1 amide bonds. The van der Waals surface area contributed by atoms with Gasteiger partial charge in [-0.05, 0) is 31.6 Å². The van der Waals surface area contributed by atoms with Crippen LogP contribution in [0.2, 0.25) is 0 Å². The largest absolute Gasteiger partial charge is 0.355 e. The highest BCUT2D eigenvalue weighted by Crippen LogP contribution is 2.38. The van der Waals surface area contributed by atoms with Crippen LogP contribution < -0.4 is 5.32 Å². The predicted molar refractivity (Wildman–Crippen MR) is 61.4 cm³/mol. The van der Waals surface area contributed by atoms with Crippen molar-refractivity contribution in [3.63, 3.8) is 0 Å². The Balaban J connectivity index is 1.95. The zero-order valence-corrected chi connectivity index (χ0v) is 9.38. The first-order valence-corrected chi connectivity index (χ1v) is 5.81. The monoisotopic (exact) mass is 205 g/mol. The van der Waals surface area contributed by atoms with Crippen molar-refractivity contribution < 1.29 is 4.79 Å². The van der Waals surface area contributed by atoms with Crippen molar-refractivity contribution >= 4 is 5.91 Å². The molecule has 82 valence electrons. The Bertz CT molecular complexity index is 314. The lowest BCUT2D eigenvalue weighted by Crippen LogP contribution is -2.39. The summed E-state index contributed by atoms with van der Waals surface area (Å²) in [4.78, 5) is 12.1. The maximum atomic E-state index is 12.1. The second-order valence-electron chi connectivity index (χ2n) is 4.83. The van der Waals surface area contributed by atoms with E-state index in [-0.39, 0.29) is 11.3 Å². The van der Waals surface area contributed by atoms with E-state index in [2.05, 4.69) is 18.8 Å². The molecular formula is C13H19NO. The lowest BCUT2D eigenvalue weighted by atomic mass is 9.83. The lowest BCUT2D eigenvalue weighted by molar-refractivity contribution is -0.128. The Hall–Kier alpha value is -1.05. The van der Waals surface area contributed by atoms with Crippen molar-refractivity contribution in [2.75, 3.05) is 6.54 Å². The van der Waals surface area contributed by atoms with Crippen LogP contribution in [-0.2, 0) is 4.79 Å². The summed E-state index contributed by atoms with van der Waals surface area (Å²) in [6.45, 7) is 6.85. The number of amides is 1. The van der Waals surface area contributed by atoms with E-state index >= 15 is 0 Å². The topological polar surface area (TPSA) is 29.1 Å². The molecule has 0 spiro atoms. The minimum absolute atomic E-state index is 0.187. The van der Waals surface area contributed by atoms with E-state index in [4.69, 9.17) is 0 Å². The van der Waals surface area contributed by atoms with Crippen LogP contribution in [0.25, 0.3) is 0 Å². The van der Waals surface area contributed by atoms with E-state index in [0.29, 0.717) is 0 Å². The number of hydrogen-bond acceptors (Lipinski definition) is 1. The normalized spacial score (nSPS) is 29.5. The van der Waals surface area contributed by atoms with Gasteiger partial charge in [0.25, 0.3) is 0 Å². The van der Waals surface area contributed by atoms with E-state index in [1.165, 1.54) is 12.8 Å². The summed E-state index contributed by atoms with van der Waals surface area (Å²) < 4.78 is 0. The molecule has 0 radical (unpaired) electrons. The van der Waals surface area contributed by atoms with Crippen molar-refractivity contribution in [1.29, 1.82) is 0 Å². The van der Waals surface area contributed by atoms with Gasteiger partial charge in [0.05, 0.1) is 5.41 Å².